The van der Waals surface area contributed by atoms with Crippen LogP contribution in [0.3, 0.4) is 0 Å². The average Bonchev–Trinajstić information content (AvgIpc) is 2.17. The van der Waals surface area contributed by atoms with Crippen molar-refractivity contribution >= 4 is 8.32 Å². The van der Waals surface area contributed by atoms with Gasteiger partial charge in [-0.3, -0.25) is 0 Å². The molecule has 0 aromatic rings. The van der Waals surface area contributed by atoms with Gasteiger partial charge in [0.15, 0.2) is 8.32 Å². The summed E-state index contributed by atoms with van der Waals surface area (Å²) in [6.07, 6.45) is 3.96. The van der Waals surface area contributed by atoms with E-state index in [1.54, 1.807) is 0 Å². The Balaban J connectivity index is 2.23. The summed E-state index contributed by atoms with van der Waals surface area (Å²) < 4.78 is 6.21. The molecule has 1 rings (SSSR count). The lowest BCUT2D eigenvalue weighted by Crippen LogP contribution is -2.41. The van der Waals surface area contributed by atoms with Crippen molar-refractivity contribution in [2.45, 2.75) is 58.2 Å². The van der Waals surface area contributed by atoms with Gasteiger partial charge in [0.05, 0.1) is 0 Å². The monoisotopic (exact) mass is 243 g/mol. The maximum atomic E-state index is 6.21. The van der Waals surface area contributed by atoms with Crippen LogP contribution in [-0.4, -0.2) is 28.0 Å². The zero-order chi connectivity index (χ0) is 12.2. The summed E-state index contributed by atoms with van der Waals surface area (Å²) in [5.41, 5.74) is 0. The fourth-order valence-electron chi connectivity index (χ4n) is 1.87. The Morgan fingerprint density at radius 1 is 1.31 bits per heavy atom. The molecule has 0 unspecified atom stereocenters. The predicted octanol–water partition coefficient (Wildman–Crippen LogP) is 3.40. The Morgan fingerprint density at radius 2 is 2.00 bits per heavy atom. The summed E-state index contributed by atoms with van der Waals surface area (Å²) in [6.45, 7) is 15.0. The van der Waals surface area contributed by atoms with E-state index in [1.165, 1.54) is 32.4 Å². The largest absolute Gasteiger partial charge is 0.417 e. The van der Waals surface area contributed by atoms with E-state index in [2.05, 4.69) is 39.2 Å². The normalized spacial score (nSPS) is 23.4. The minimum absolute atomic E-state index is 0.345. The van der Waals surface area contributed by atoms with Crippen LogP contribution >= 0.6 is 0 Å². The molecule has 0 amide bonds. The Morgan fingerprint density at radius 3 is 2.50 bits per heavy atom. The molecule has 0 bridgehead atoms. The van der Waals surface area contributed by atoms with Gasteiger partial charge in [-0.2, -0.15) is 0 Å². The van der Waals surface area contributed by atoms with Crippen LogP contribution < -0.4 is 5.32 Å². The van der Waals surface area contributed by atoms with Gasteiger partial charge >= 0.3 is 0 Å². The molecule has 1 N–H and O–H groups in total. The van der Waals surface area contributed by atoms with Crippen LogP contribution in [0.25, 0.3) is 0 Å². The van der Waals surface area contributed by atoms with Crippen molar-refractivity contribution in [2.24, 2.45) is 5.92 Å². The first-order valence-electron chi connectivity index (χ1n) is 6.67. The Hall–Kier alpha value is 0.137. The van der Waals surface area contributed by atoms with Crippen molar-refractivity contribution in [3.63, 3.8) is 0 Å². The quantitative estimate of drug-likeness (QED) is 0.764. The summed E-state index contributed by atoms with van der Waals surface area (Å²) in [7, 11) is -1.51. The molecule has 0 aliphatic carbocycles. The molecule has 1 atom stereocenters. The van der Waals surface area contributed by atoms with Crippen LogP contribution in [0.1, 0.15) is 40.0 Å². The van der Waals surface area contributed by atoms with Crippen molar-refractivity contribution in [2.75, 3.05) is 19.7 Å². The van der Waals surface area contributed by atoms with Crippen LogP contribution in [0.5, 0.6) is 0 Å². The number of nitrogens with one attached hydrogen (secondary N) is 1. The number of hydrogen-bond acceptors (Lipinski definition) is 2. The van der Waals surface area contributed by atoms with E-state index in [0.29, 0.717) is 5.04 Å². The van der Waals surface area contributed by atoms with Gasteiger partial charge in [-0.15, -0.1) is 0 Å². The fourth-order valence-corrected chi connectivity index (χ4v) is 2.93. The van der Waals surface area contributed by atoms with Crippen LogP contribution in [-0.2, 0) is 4.43 Å². The van der Waals surface area contributed by atoms with Crippen molar-refractivity contribution in [1.82, 2.24) is 5.32 Å². The van der Waals surface area contributed by atoms with E-state index >= 15 is 0 Å². The Kier molecular flexibility index (Phi) is 5.01. The van der Waals surface area contributed by atoms with E-state index in [-0.39, 0.29) is 0 Å². The third-order valence-corrected chi connectivity index (χ3v) is 8.73. The lowest BCUT2D eigenvalue weighted by Gasteiger charge is -2.36. The van der Waals surface area contributed by atoms with Gasteiger partial charge in [0, 0.05) is 6.61 Å². The summed E-state index contributed by atoms with van der Waals surface area (Å²) in [5, 5.41) is 3.81. The topological polar surface area (TPSA) is 21.3 Å². The second kappa shape index (κ2) is 5.65. The second-order valence-electron chi connectivity index (χ2n) is 6.61. The molecule has 1 aliphatic rings. The third kappa shape index (κ3) is 4.19. The smallest absolute Gasteiger partial charge is 0.191 e. The standard InChI is InChI=1S/C13H29NOSi/c1-13(2,3)16(4,5)15-10-8-12-7-6-9-14-11-12/h12,14H,6-11H2,1-5H3/t12-/m1/s1. The molecule has 96 valence electrons. The van der Waals surface area contributed by atoms with Gasteiger partial charge in [0.2, 0.25) is 0 Å². The third-order valence-electron chi connectivity index (χ3n) is 4.19. The highest BCUT2D eigenvalue weighted by Crippen LogP contribution is 2.36. The van der Waals surface area contributed by atoms with Crippen LogP contribution in [0.4, 0.5) is 0 Å². The Bertz CT molecular complexity index is 204. The van der Waals surface area contributed by atoms with E-state index in [9.17, 15) is 0 Å². The molecule has 16 heavy (non-hydrogen) atoms. The molecule has 1 saturated heterocycles. The molecule has 2 nitrogen and oxygen atoms in total. The highest BCUT2D eigenvalue weighted by molar-refractivity contribution is 6.74. The van der Waals surface area contributed by atoms with E-state index in [1.807, 2.05) is 0 Å². The van der Waals surface area contributed by atoms with Crippen molar-refractivity contribution in [1.29, 1.82) is 0 Å². The van der Waals surface area contributed by atoms with E-state index in [0.717, 1.165) is 12.5 Å². The maximum absolute atomic E-state index is 6.21. The minimum atomic E-state index is -1.51. The molecule has 0 radical (unpaired) electrons. The van der Waals surface area contributed by atoms with Gasteiger partial charge in [-0.05, 0) is 56.4 Å². The minimum Gasteiger partial charge on any atom is -0.417 e. The molecule has 0 aromatic heterocycles. The zero-order valence-corrected chi connectivity index (χ0v) is 12.7. The molecule has 3 heteroatoms. The summed E-state index contributed by atoms with van der Waals surface area (Å²) in [6, 6.07) is 0. The molecule has 0 spiro atoms. The molecule has 1 aliphatic heterocycles. The predicted molar refractivity (Wildman–Crippen MR) is 73.4 cm³/mol. The first kappa shape index (κ1) is 14.2. The average molecular weight is 243 g/mol. The van der Waals surface area contributed by atoms with Crippen molar-refractivity contribution in [3.8, 4) is 0 Å². The van der Waals surface area contributed by atoms with Crippen molar-refractivity contribution in [3.05, 3.63) is 0 Å². The SMILES string of the molecule is CC(C)(C)[Si](C)(C)OCC[C@H]1CCCNC1. The van der Waals surface area contributed by atoms with E-state index in [4.69, 9.17) is 4.43 Å². The number of piperidine rings is 1. The second-order valence-corrected chi connectivity index (χ2v) is 11.4. The molecular formula is C13H29NOSi. The highest BCUT2D eigenvalue weighted by atomic mass is 28.4. The fraction of sp³-hybridized carbons (Fsp3) is 1.00. The van der Waals surface area contributed by atoms with Crippen molar-refractivity contribution < 1.29 is 4.43 Å². The van der Waals surface area contributed by atoms with Gasteiger partial charge in [0.1, 0.15) is 0 Å². The van der Waals surface area contributed by atoms with Crippen LogP contribution in [0, 0.1) is 5.92 Å². The lowest BCUT2D eigenvalue weighted by molar-refractivity contribution is 0.237. The first-order valence-corrected chi connectivity index (χ1v) is 9.58. The summed E-state index contributed by atoms with van der Waals surface area (Å²) in [4.78, 5) is 0. The maximum Gasteiger partial charge on any atom is 0.191 e. The Labute approximate surface area is 102 Å². The van der Waals surface area contributed by atoms with E-state index < -0.39 is 8.32 Å². The van der Waals surface area contributed by atoms with Gasteiger partial charge in [0.25, 0.3) is 0 Å². The van der Waals surface area contributed by atoms with Crippen LogP contribution in [0.15, 0.2) is 0 Å². The molecule has 0 aromatic carbocycles. The first-order chi connectivity index (χ1) is 7.33. The zero-order valence-electron chi connectivity index (χ0n) is 11.7. The lowest BCUT2D eigenvalue weighted by atomic mass is 9.97. The van der Waals surface area contributed by atoms with Gasteiger partial charge in [-0.25, -0.2) is 0 Å². The molecule has 1 heterocycles. The van der Waals surface area contributed by atoms with Gasteiger partial charge in [-0.1, -0.05) is 20.8 Å². The summed E-state index contributed by atoms with van der Waals surface area (Å²) in [5.74, 6) is 0.846. The molecular weight excluding hydrogens is 214 g/mol. The highest BCUT2D eigenvalue weighted by Gasteiger charge is 2.36. The van der Waals surface area contributed by atoms with Gasteiger partial charge < -0.3 is 9.74 Å². The molecule has 0 saturated carbocycles. The molecule has 1 fully saturated rings. The summed E-state index contributed by atoms with van der Waals surface area (Å²) >= 11 is 0. The van der Waals surface area contributed by atoms with Crippen LogP contribution in [0.2, 0.25) is 18.1 Å². The number of hydrogen-bond donors (Lipinski definition) is 1. The number of rotatable bonds is 4.